The highest BCUT2D eigenvalue weighted by Crippen LogP contribution is 2.23. The third kappa shape index (κ3) is 2.06. The minimum Gasteiger partial charge on any atom is -0.319 e. The van der Waals surface area contributed by atoms with Crippen molar-refractivity contribution in [2.75, 3.05) is 0 Å². The average molecular weight is 249 g/mol. The van der Waals surface area contributed by atoms with Gasteiger partial charge in [0.25, 0.3) is 5.91 Å². The Kier molecular flexibility index (Phi) is 2.72. The van der Waals surface area contributed by atoms with Gasteiger partial charge in [-0.25, -0.2) is 0 Å². The largest absolute Gasteiger partial charge is 0.319 e. The van der Waals surface area contributed by atoms with Gasteiger partial charge in [-0.05, 0) is 23.8 Å². The summed E-state index contributed by atoms with van der Waals surface area (Å²) >= 11 is 0. The summed E-state index contributed by atoms with van der Waals surface area (Å²) in [5.41, 5.74) is 2.34. The van der Waals surface area contributed by atoms with Gasteiger partial charge in [0, 0.05) is 11.1 Å². The van der Waals surface area contributed by atoms with Gasteiger partial charge in [-0.15, -0.1) is 0 Å². The van der Waals surface area contributed by atoms with E-state index in [1.165, 1.54) is 0 Å². The van der Waals surface area contributed by atoms with Crippen molar-refractivity contribution >= 4 is 17.8 Å². The van der Waals surface area contributed by atoms with E-state index in [1.54, 1.807) is 36.4 Å². The number of hydrogen-bond acceptors (Lipinski definition) is 2. The minimum absolute atomic E-state index is 0.139. The number of allylic oxidation sites excluding steroid dienone is 1. The zero-order chi connectivity index (χ0) is 13.2. The fourth-order valence-electron chi connectivity index (χ4n) is 2.07. The van der Waals surface area contributed by atoms with Gasteiger partial charge in [0.1, 0.15) is 0 Å². The maximum absolute atomic E-state index is 12.1. The van der Waals surface area contributed by atoms with Crippen LogP contribution in [0.1, 0.15) is 26.3 Å². The highest BCUT2D eigenvalue weighted by atomic mass is 16.2. The van der Waals surface area contributed by atoms with E-state index in [-0.39, 0.29) is 11.7 Å². The maximum Gasteiger partial charge on any atom is 0.255 e. The van der Waals surface area contributed by atoms with E-state index in [1.807, 2.05) is 24.3 Å². The zero-order valence-corrected chi connectivity index (χ0v) is 10.1. The number of carbonyl (C=O) groups excluding carboxylic acids is 2. The van der Waals surface area contributed by atoms with Crippen molar-refractivity contribution in [2.45, 2.75) is 0 Å². The van der Waals surface area contributed by atoms with Gasteiger partial charge in [0.15, 0.2) is 0 Å². The Morgan fingerprint density at radius 3 is 2.32 bits per heavy atom. The first-order valence-electron chi connectivity index (χ1n) is 5.97. The van der Waals surface area contributed by atoms with Gasteiger partial charge in [-0.1, -0.05) is 42.5 Å². The number of nitrogens with one attached hydrogen (secondary N) is 1. The van der Waals surface area contributed by atoms with Crippen molar-refractivity contribution in [3.63, 3.8) is 0 Å². The monoisotopic (exact) mass is 249 g/mol. The molecule has 0 heterocycles. The molecular weight excluding hydrogens is 238 g/mol. The maximum atomic E-state index is 12.1. The predicted octanol–water partition coefficient (Wildman–Crippen LogP) is 2.65. The molecule has 1 aliphatic carbocycles. The highest BCUT2D eigenvalue weighted by Gasteiger charge is 2.23. The van der Waals surface area contributed by atoms with Crippen LogP contribution in [0.5, 0.6) is 0 Å². The molecule has 92 valence electrons. The molecule has 19 heavy (non-hydrogen) atoms. The second kappa shape index (κ2) is 4.53. The van der Waals surface area contributed by atoms with Crippen LogP contribution in [0, 0.1) is 0 Å². The molecule has 0 fully saturated rings. The fourth-order valence-corrected chi connectivity index (χ4v) is 2.07. The van der Waals surface area contributed by atoms with Crippen LogP contribution >= 0.6 is 0 Å². The van der Waals surface area contributed by atoms with E-state index in [4.69, 9.17) is 0 Å². The van der Waals surface area contributed by atoms with Crippen LogP contribution < -0.4 is 5.32 Å². The molecule has 3 rings (SSSR count). The van der Waals surface area contributed by atoms with Crippen molar-refractivity contribution < 1.29 is 9.59 Å². The first-order chi connectivity index (χ1) is 9.25. The summed E-state index contributed by atoms with van der Waals surface area (Å²) in [5, 5.41) is 2.66. The van der Waals surface area contributed by atoms with Crippen molar-refractivity contribution in [2.24, 2.45) is 0 Å². The summed E-state index contributed by atoms with van der Waals surface area (Å²) in [6.07, 6.45) is 1.71. The topological polar surface area (TPSA) is 46.2 Å². The Hall–Kier alpha value is -2.68. The zero-order valence-electron chi connectivity index (χ0n) is 10.1. The molecular formula is C16H11NO2. The molecule has 3 nitrogen and oxygen atoms in total. The second-order valence-corrected chi connectivity index (χ2v) is 4.29. The molecule has 0 bridgehead atoms. The number of amides is 1. The van der Waals surface area contributed by atoms with Crippen LogP contribution in [0.4, 0.5) is 0 Å². The number of fused-ring (bicyclic) bond motifs is 1. The molecule has 0 atom stereocenters. The normalized spacial score (nSPS) is 12.8. The van der Waals surface area contributed by atoms with Gasteiger partial charge in [0.2, 0.25) is 5.78 Å². The standard InChI is InChI=1S/C16H11NO2/c18-15-13-9-5-4-8-12(13)10-14(15)17-16(19)11-6-2-1-3-7-11/h1-10H,(H,17,18,19). The Labute approximate surface area is 110 Å². The molecule has 1 aliphatic rings. The summed E-state index contributed by atoms with van der Waals surface area (Å²) < 4.78 is 0. The molecule has 1 N–H and O–H groups in total. The first kappa shape index (κ1) is 11.4. The van der Waals surface area contributed by atoms with E-state index >= 15 is 0 Å². The third-order valence-electron chi connectivity index (χ3n) is 3.03. The van der Waals surface area contributed by atoms with Gasteiger partial charge < -0.3 is 5.32 Å². The molecule has 0 aliphatic heterocycles. The van der Waals surface area contributed by atoms with Crippen LogP contribution in [-0.4, -0.2) is 11.7 Å². The fraction of sp³-hybridized carbons (Fsp3) is 0. The molecule has 0 saturated carbocycles. The van der Waals surface area contributed by atoms with Crippen molar-refractivity contribution in [3.8, 4) is 0 Å². The summed E-state index contributed by atoms with van der Waals surface area (Å²) in [6, 6.07) is 16.1. The summed E-state index contributed by atoms with van der Waals surface area (Å²) in [5.74, 6) is -0.409. The van der Waals surface area contributed by atoms with E-state index in [0.29, 0.717) is 16.8 Å². The molecule has 3 heteroatoms. The number of carbonyl (C=O) groups is 2. The smallest absolute Gasteiger partial charge is 0.255 e. The Bertz CT molecular complexity index is 687. The summed E-state index contributed by atoms with van der Waals surface area (Å²) in [6.45, 7) is 0. The predicted molar refractivity (Wildman–Crippen MR) is 72.7 cm³/mol. The molecule has 0 saturated heterocycles. The van der Waals surface area contributed by atoms with Crippen LogP contribution in [0.15, 0.2) is 60.3 Å². The van der Waals surface area contributed by atoms with Crippen molar-refractivity contribution in [3.05, 3.63) is 77.0 Å². The number of benzene rings is 2. The number of hydrogen-bond donors (Lipinski definition) is 1. The molecule has 0 aromatic heterocycles. The second-order valence-electron chi connectivity index (χ2n) is 4.29. The minimum atomic E-state index is -0.270. The van der Waals surface area contributed by atoms with E-state index < -0.39 is 0 Å². The SMILES string of the molecule is O=C(NC1=Cc2ccccc2C1=O)c1ccccc1. The van der Waals surface area contributed by atoms with Crippen LogP contribution in [0.3, 0.4) is 0 Å². The molecule has 1 amide bonds. The first-order valence-corrected chi connectivity index (χ1v) is 5.97. The van der Waals surface area contributed by atoms with E-state index in [0.717, 1.165) is 5.56 Å². The Morgan fingerprint density at radius 2 is 1.58 bits per heavy atom. The number of ketones is 1. The molecule has 2 aromatic rings. The van der Waals surface area contributed by atoms with Crippen LogP contribution in [0.2, 0.25) is 0 Å². The summed E-state index contributed by atoms with van der Waals surface area (Å²) in [4.78, 5) is 24.1. The van der Waals surface area contributed by atoms with Crippen molar-refractivity contribution in [1.29, 1.82) is 0 Å². The lowest BCUT2D eigenvalue weighted by molar-refractivity contribution is 0.0936. The van der Waals surface area contributed by atoms with Crippen LogP contribution in [0.25, 0.3) is 6.08 Å². The Morgan fingerprint density at radius 1 is 0.895 bits per heavy atom. The third-order valence-corrected chi connectivity index (χ3v) is 3.03. The molecule has 0 unspecified atom stereocenters. The lowest BCUT2D eigenvalue weighted by Crippen LogP contribution is -2.25. The van der Waals surface area contributed by atoms with Crippen molar-refractivity contribution in [1.82, 2.24) is 5.32 Å². The highest BCUT2D eigenvalue weighted by molar-refractivity contribution is 6.19. The lowest BCUT2D eigenvalue weighted by atomic mass is 10.1. The van der Waals surface area contributed by atoms with E-state index in [2.05, 4.69) is 5.32 Å². The molecule has 0 radical (unpaired) electrons. The molecule has 0 spiro atoms. The quantitative estimate of drug-likeness (QED) is 0.889. The van der Waals surface area contributed by atoms with Gasteiger partial charge in [-0.3, -0.25) is 9.59 Å². The van der Waals surface area contributed by atoms with Gasteiger partial charge in [0.05, 0.1) is 5.70 Å². The van der Waals surface area contributed by atoms with Crippen LogP contribution in [-0.2, 0) is 0 Å². The Balaban J connectivity index is 1.84. The lowest BCUT2D eigenvalue weighted by Gasteiger charge is -2.04. The summed E-state index contributed by atoms with van der Waals surface area (Å²) in [7, 11) is 0. The van der Waals surface area contributed by atoms with Gasteiger partial charge >= 0.3 is 0 Å². The van der Waals surface area contributed by atoms with E-state index in [9.17, 15) is 9.59 Å². The van der Waals surface area contributed by atoms with Gasteiger partial charge in [-0.2, -0.15) is 0 Å². The number of Topliss-reactive ketones (excluding diaryl/α,β-unsaturated/α-hetero) is 1. The number of rotatable bonds is 2. The average Bonchev–Trinajstić information content (AvgIpc) is 2.77. The molecule has 2 aromatic carbocycles.